The van der Waals surface area contributed by atoms with Crippen molar-refractivity contribution in [1.82, 2.24) is 0 Å². The number of unbranched alkanes of at least 4 members (excludes halogenated alkanes) is 11. The van der Waals surface area contributed by atoms with Crippen LogP contribution in [0.15, 0.2) is 24.3 Å². The van der Waals surface area contributed by atoms with Gasteiger partial charge in [0.05, 0.1) is 6.61 Å². The molecule has 0 heterocycles. The molecule has 1 rings (SSSR count). The van der Waals surface area contributed by atoms with Crippen molar-refractivity contribution in [2.75, 3.05) is 11.9 Å². The van der Waals surface area contributed by atoms with E-state index < -0.39 is 6.09 Å². The minimum atomic E-state index is -0.398. The van der Waals surface area contributed by atoms with E-state index in [2.05, 4.69) is 12.2 Å². The normalized spacial score (nSPS) is 10.6. The zero-order chi connectivity index (χ0) is 18.2. The maximum Gasteiger partial charge on any atom is 0.411 e. The molecule has 1 aromatic carbocycles. The van der Waals surface area contributed by atoms with Crippen molar-refractivity contribution in [1.29, 1.82) is 0 Å². The average Bonchev–Trinajstić information content (AvgIpc) is 2.61. The van der Waals surface area contributed by atoms with Gasteiger partial charge in [-0.15, -0.1) is 0 Å². The molecule has 0 atom stereocenters. The van der Waals surface area contributed by atoms with E-state index in [0.717, 1.165) is 12.8 Å². The number of anilines is 1. The molecule has 0 aliphatic rings. The van der Waals surface area contributed by atoms with Crippen molar-refractivity contribution in [2.45, 2.75) is 84.0 Å². The van der Waals surface area contributed by atoms with Crippen molar-refractivity contribution in [3.63, 3.8) is 0 Å². The molecule has 1 amide bonds. The summed E-state index contributed by atoms with van der Waals surface area (Å²) in [6, 6.07) is 6.99. The molecule has 4 heteroatoms. The minimum absolute atomic E-state index is 0.398. The quantitative estimate of drug-likeness (QED) is 0.344. The summed E-state index contributed by atoms with van der Waals surface area (Å²) < 4.78 is 5.18. The number of nitrogens with one attached hydrogen (secondary N) is 1. The number of hydrogen-bond donors (Lipinski definition) is 1. The van der Waals surface area contributed by atoms with Crippen LogP contribution in [0.1, 0.15) is 84.0 Å². The molecule has 25 heavy (non-hydrogen) atoms. The Balaban J connectivity index is 1.85. The number of carbonyl (C=O) groups excluding carboxylic acids is 1. The Morgan fingerprint density at radius 1 is 0.840 bits per heavy atom. The highest BCUT2D eigenvalue weighted by atomic mass is 35.5. The van der Waals surface area contributed by atoms with E-state index in [9.17, 15) is 4.79 Å². The summed E-state index contributed by atoms with van der Waals surface area (Å²) in [6.45, 7) is 2.74. The molecule has 0 radical (unpaired) electrons. The Hall–Kier alpha value is -1.22. The molecule has 0 spiro atoms. The molecule has 3 nitrogen and oxygen atoms in total. The van der Waals surface area contributed by atoms with Gasteiger partial charge in [0, 0.05) is 10.7 Å². The number of rotatable bonds is 14. The summed E-state index contributed by atoms with van der Waals surface area (Å²) in [5.41, 5.74) is 0.698. The highest BCUT2D eigenvalue weighted by molar-refractivity contribution is 6.30. The number of ether oxygens (including phenoxy) is 1. The summed E-state index contributed by atoms with van der Waals surface area (Å²) in [6.07, 6.45) is 15.2. The number of hydrogen-bond acceptors (Lipinski definition) is 2. The van der Waals surface area contributed by atoms with Crippen LogP contribution in [0, 0.1) is 0 Å². The zero-order valence-electron chi connectivity index (χ0n) is 15.7. The SMILES string of the molecule is CCCCCCCCCCCCCCOC(=O)Nc1ccc(Cl)cc1. The second-order valence-electron chi connectivity index (χ2n) is 6.66. The maximum absolute atomic E-state index is 11.6. The van der Waals surface area contributed by atoms with Gasteiger partial charge < -0.3 is 4.74 Å². The molecule has 0 fully saturated rings. The Morgan fingerprint density at radius 2 is 1.32 bits per heavy atom. The van der Waals surface area contributed by atoms with Crippen LogP contribution in [0.3, 0.4) is 0 Å². The molecule has 0 saturated heterocycles. The fraction of sp³-hybridized carbons (Fsp3) is 0.667. The first-order valence-electron chi connectivity index (χ1n) is 9.91. The molecule has 0 saturated carbocycles. The lowest BCUT2D eigenvalue weighted by Crippen LogP contribution is -2.14. The Bertz CT molecular complexity index is 448. The van der Waals surface area contributed by atoms with Crippen molar-refractivity contribution >= 4 is 23.4 Å². The lowest BCUT2D eigenvalue weighted by Gasteiger charge is -2.07. The molecule has 0 aromatic heterocycles. The number of halogens is 1. The topological polar surface area (TPSA) is 38.3 Å². The van der Waals surface area contributed by atoms with Crippen molar-refractivity contribution in [3.8, 4) is 0 Å². The first kappa shape index (κ1) is 21.8. The summed E-state index contributed by atoms with van der Waals surface area (Å²) in [4.78, 5) is 11.6. The van der Waals surface area contributed by atoms with Crippen LogP contribution in [0.25, 0.3) is 0 Å². The van der Waals surface area contributed by atoms with Gasteiger partial charge in [-0.05, 0) is 30.7 Å². The molecule has 0 aliphatic heterocycles. The van der Waals surface area contributed by atoms with Crippen LogP contribution in [-0.4, -0.2) is 12.7 Å². The van der Waals surface area contributed by atoms with Crippen molar-refractivity contribution in [3.05, 3.63) is 29.3 Å². The van der Waals surface area contributed by atoms with Crippen LogP contribution in [0.4, 0.5) is 10.5 Å². The average molecular weight is 368 g/mol. The van der Waals surface area contributed by atoms with E-state index in [1.807, 2.05) is 0 Å². The van der Waals surface area contributed by atoms with E-state index in [0.29, 0.717) is 17.3 Å². The van der Waals surface area contributed by atoms with Gasteiger partial charge in [-0.3, -0.25) is 5.32 Å². The minimum Gasteiger partial charge on any atom is -0.449 e. The summed E-state index contributed by atoms with van der Waals surface area (Å²) in [5.74, 6) is 0. The predicted octanol–water partition coefficient (Wildman–Crippen LogP) is 7.59. The monoisotopic (exact) mass is 367 g/mol. The Labute approximate surface area is 158 Å². The van der Waals surface area contributed by atoms with Gasteiger partial charge >= 0.3 is 6.09 Å². The Morgan fingerprint density at radius 3 is 1.84 bits per heavy atom. The molecular weight excluding hydrogens is 334 g/mol. The third-order valence-electron chi connectivity index (χ3n) is 4.32. The maximum atomic E-state index is 11.6. The molecule has 0 bridgehead atoms. The molecule has 142 valence electrons. The predicted molar refractivity (Wildman–Crippen MR) is 108 cm³/mol. The highest BCUT2D eigenvalue weighted by Crippen LogP contribution is 2.14. The first-order chi connectivity index (χ1) is 12.2. The van der Waals surface area contributed by atoms with Crippen LogP contribution >= 0.6 is 11.6 Å². The fourth-order valence-corrected chi connectivity index (χ4v) is 2.92. The fourth-order valence-electron chi connectivity index (χ4n) is 2.80. The van der Waals surface area contributed by atoms with Crippen molar-refractivity contribution < 1.29 is 9.53 Å². The van der Waals surface area contributed by atoms with Gasteiger partial charge in [0.15, 0.2) is 0 Å². The van der Waals surface area contributed by atoms with E-state index >= 15 is 0 Å². The molecule has 0 aliphatic carbocycles. The zero-order valence-corrected chi connectivity index (χ0v) is 16.5. The van der Waals surface area contributed by atoms with Crippen LogP contribution < -0.4 is 5.32 Å². The molecule has 1 aromatic rings. The van der Waals surface area contributed by atoms with E-state index in [1.54, 1.807) is 24.3 Å². The number of amides is 1. The van der Waals surface area contributed by atoms with E-state index in [1.165, 1.54) is 64.2 Å². The smallest absolute Gasteiger partial charge is 0.411 e. The number of benzene rings is 1. The molecule has 1 N–H and O–H groups in total. The lowest BCUT2D eigenvalue weighted by molar-refractivity contribution is 0.159. The second-order valence-corrected chi connectivity index (χ2v) is 7.09. The van der Waals surface area contributed by atoms with Gasteiger partial charge in [0.1, 0.15) is 0 Å². The first-order valence-corrected chi connectivity index (χ1v) is 10.3. The van der Waals surface area contributed by atoms with Gasteiger partial charge in [0.25, 0.3) is 0 Å². The van der Waals surface area contributed by atoms with Crippen LogP contribution in [-0.2, 0) is 4.74 Å². The summed E-state index contributed by atoms with van der Waals surface area (Å²) in [7, 11) is 0. The standard InChI is InChI=1S/C21H34ClNO2/c1-2-3-4-5-6-7-8-9-10-11-12-13-18-25-21(24)23-20-16-14-19(22)15-17-20/h14-17H,2-13,18H2,1H3,(H,23,24). The highest BCUT2D eigenvalue weighted by Gasteiger charge is 2.02. The van der Waals surface area contributed by atoms with Gasteiger partial charge in [-0.2, -0.15) is 0 Å². The molecular formula is C21H34ClNO2. The van der Waals surface area contributed by atoms with Gasteiger partial charge in [-0.1, -0.05) is 89.2 Å². The second kappa shape index (κ2) is 15.1. The Kier molecular flexibility index (Phi) is 13.2. The third kappa shape index (κ3) is 12.7. The van der Waals surface area contributed by atoms with E-state index in [4.69, 9.17) is 16.3 Å². The van der Waals surface area contributed by atoms with Crippen molar-refractivity contribution in [2.24, 2.45) is 0 Å². The van der Waals surface area contributed by atoms with Crippen LogP contribution in [0.5, 0.6) is 0 Å². The third-order valence-corrected chi connectivity index (χ3v) is 4.57. The summed E-state index contributed by atoms with van der Waals surface area (Å²) >= 11 is 5.80. The largest absolute Gasteiger partial charge is 0.449 e. The van der Waals surface area contributed by atoms with Crippen LogP contribution in [0.2, 0.25) is 5.02 Å². The lowest BCUT2D eigenvalue weighted by atomic mass is 10.1. The van der Waals surface area contributed by atoms with Gasteiger partial charge in [0.2, 0.25) is 0 Å². The van der Waals surface area contributed by atoms with Gasteiger partial charge in [-0.25, -0.2) is 4.79 Å². The van der Waals surface area contributed by atoms with E-state index in [-0.39, 0.29) is 0 Å². The summed E-state index contributed by atoms with van der Waals surface area (Å²) in [5, 5.41) is 3.34. The molecule has 0 unspecified atom stereocenters. The number of carbonyl (C=O) groups is 1.